The Balaban J connectivity index is 2.16. The number of rotatable bonds is 3. The maximum Gasteiger partial charge on any atom is 0.176 e. The molecule has 0 aliphatic heterocycles. The molecule has 2 rings (SSSR count). The summed E-state index contributed by atoms with van der Waals surface area (Å²) in [6.07, 6.45) is 2.27. The average molecular weight is 208 g/mol. The maximum absolute atomic E-state index is 12.0. The lowest BCUT2D eigenvalue weighted by molar-refractivity contribution is 0.0964. The zero-order valence-corrected chi connectivity index (χ0v) is 9.78. The normalized spacial score (nSPS) is 25.1. The fourth-order valence-electron chi connectivity index (χ4n) is 2.07. The van der Waals surface area contributed by atoms with Gasteiger partial charge in [0.2, 0.25) is 0 Å². The maximum atomic E-state index is 12.0. The van der Waals surface area contributed by atoms with Crippen LogP contribution in [-0.4, -0.2) is 5.78 Å². The molecule has 0 saturated heterocycles. The summed E-state index contributed by atoms with van der Waals surface area (Å²) in [6.45, 7) is 6.28. The highest BCUT2D eigenvalue weighted by Gasteiger charge is 2.42. The van der Waals surface area contributed by atoms with E-state index in [2.05, 4.69) is 19.9 Å². The van der Waals surface area contributed by atoms with Crippen molar-refractivity contribution >= 4 is 17.1 Å². The highest BCUT2D eigenvalue weighted by Crippen LogP contribution is 2.44. The van der Waals surface area contributed by atoms with Crippen LogP contribution in [0.1, 0.15) is 39.9 Å². The van der Waals surface area contributed by atoms with Gasteiger partial charge in [-0.25, -0.2) is 0 Å². The van der Waals surface area contributed by atoms with Crippen molar-refractivity contribution in [3.05, 3.63) is 21.4 Å². The molecule has 1 saturated carbocycles. The molecular weight excluding hydrogens is 192 g/mol. The van der Waals surface area contributed by atoms with E-state index in [1.807, 2.05) is 6.92 Å². The van der Waals surface area contributed by atoms with Gasteiger partial charge in [-0.15, -0.1) is 11.3 Å². The van der Waals surface area contributed by atoms with Gasteiger partial charge in [0.1, 0.15) is 0 Å². The molecule has 0 radical (unpaired) electrons. The van der Waals surface area contributed by atoms with Crippen molar-refractivity contribution in [3.63, 3.8) is 0 Å². The third kappa shape index (κ3) is 1.63. The molecule has 1 nitrogen and oxygen atoms in total. The molecule has 76 valence electrons. The van der Waals surface area contributed by atoms with Gasteiger partial charge in [0.25, 0.3) is 0 Å². The SMILES string of the molecule is CC[C@@H]1C[C@H]1C(=O)c1sc(C)cc1C. The lowest BCUT2D eigenvalue weighted by atomic mass is 10.1. The standard InChI is InChI=1S/C12H16OS/c1-4-9-6-10(9)11(13)12-7(2)5-8(3)14-12/h5,9-10H,4,6H2,1-3H3/t9-,10-/m1/s1. The number of hydrogen-bond donors (Lipinski definition) is 0. The van der Waals surface area contributed by atoms with Crippen LogP contribution in [0, 0.1) is 25.7 Å². The summed E-state index contributed by atoms with van der Waals surface area (Å²) in [5.41, 5.74) is 1.17. The number of carbonyl (C=O) groups excluding carboxylic acids is 1. The summed E-state index contributed by atoms with van der Waals surface area (Å²) in [6, 6.07) is 2.11. The van der Waals surface area contributed by atoms with Gasteiger partial charge in [0, 0.05) is 10.8 Å². The molecule has 0 unspecified atom stereocenters. The number of aryl methyl sites for hydroxylation is 2. The summed E-state index contributed by atoms with van der Waals surface area (Å²) in [5, 5.41) is 0. The van der Waals surface area contributed by atoms with E-state index in [0.717, 1.165) is 17.7 Å². The third-order valence-electron chi connectivity index (χ3n) is 3.05. The molecule has 1 fully saturated rings. The van der Waals surface area contributed by atoms with Crippen LogP contribution in [-0.2, 0) is 0 Å². The lowest BCUT2D eigenvalue weighted by Crippen LogP contribution is -2.02. The number of ketones is 1. The first-order chi connectivity index (χ1) is 6.63. The second-order valence-electron chi connectivity index (χ2n) is 4.24. The zero-order valence-electron chi connectivity index (χ0n) is 8.96. The van der Waals surface area contributed by atoms with E-state index in [4.69, 9.17) is 0 Å². The van der Waals surface area contributed by atoms with Crippen LogP contribution >= 0.6 is 11.3 Å². The van der Waals surface area contributed by atoms with Crippen LogP contribution in [0.4, 0.5) is 0 Å². The minimum absolute atomic E-state index is 0.344. The smallest absolute Gasteiger partial charge is 0.176 e. The number of thiophene rings is 1. The van der Waals surface area contributed by atoms with Gasteiger partial charge in [-0.05, 0) is 37.8 Å². The van der Waals surface area contributed by atoms with Gasteiger partial charge in [0.05, 0.1) is 4.88 Å². The summed E-state index contributed by atoms with van der Waals surface area (Å²) < 4.78 is 0. The van der Waals surface area contributed by atoms with E-state index in [-0.39, 0.29) is 0 Å². The zero-order chi connectivity index (χ0) is 10.3. The first-order valence-electron chi connectivity index (χ1n) is 5.24. The van der Waals surface area contributed by atoms with Gasteiger partial charge in [-0.2, -0.15) is 0 Å². The molecule has 1 aliphatic rings. The molecule has 1 aromatic rings. The van der Waals surface area contributed by atoms with Crippen LogP contribution in [0.3, 0.4) is 0 Å². The van der Waals surface area contributed by atoms with Crippen molar-refractivity contribution in [1.82, 2.24) is 0 Å². The second-order valence-corrected chi connectivity index (χ2v) is 5.50. The van der Waals surface area contributed by atoms with Crippen molar-refractivity contribution in [3.8, 4) is 0 Å². The first kappa shape index (κ1) is 9.91. The van der Waals surface area contributed by atoms with Crippen LogP contribution < -0.4 is 0 Å². The molecule has 2 atom stereocenters. The Morgan fingerprint density at radius 1 is 1.57 bits per heavy atom. The van der Waals surface area contributed by atoms with Crippen LogP contribution in [0.15, 0.2) is 6.07 Å². The Labute approximate surface area is 89.1 Å². The minimum Gasteiger partial charge on any atom is -0.293 e. The fourth-order valence-corrected chi connectivity index (χ4v) is 3.10. The van der Waals surface area contributed by atoms with E-state index in [0.29, 0.717) is 17.6 Å². The van der Waals surface area contributed by atoms with Crippen molar-refractivity contribution in [2.45, 2.75) is 33.6 Å². The summed E-state index contributed by atoms with van der Waals surface area (Å²) in [7, 11) is 0. The minimum atomic E-state index is 0.344. The van der Waals surface area contributed by atoms with E-state index in [1.54, 1.807) is 11.3 Å². The van der Waals surface area contributed by atoms with E-state index in [9.17, 15) is 4.79 Å². The lowest BCUT2D eigenvalue weighted by Gasteiger charge is -1.96. The largest absolute Gasteiger partial charge is 0.293 e. The first-order valence-corrected chi connectivity index (χ1v) is 6.06. The monoisotopic (exact) mass is 208 g/mol. The Morgan fingerprint density at radius 3 is 2.71 bits per heavy atom. The number of carbonyl (C=O) groups is 1. The van der Waals surface area contributed by atoms with Crippen molar-refractivity contribution in [1.29, 1.82) is 0 Å². The molecule has 0 amide bonds. The predicted octanol–water partition coefficient (Wildman–Crippen LogP) is 3.59. The Morgan fingerprint density at radius 2 is 2.29 bits per heavy atom. The molecule has 0 N–H and O–H groups in total. The molecule has 14 heavy (non-hydrogen) atoms. The van der Waals surface area contributed by atoms with Crippen molar-refractivity contribution in [2.75, 3.05) is 0 Å². The fraction of sp³-hybridized carbons (Fsp3) is 0.583. The van der Waals surface area contributed by atoms with Gasteiger partial charge in [-0.1, -0.05) is 13.3 Å². The van der Waals surface area contributed by atoms with Gasteiger partial charge < -0.3 is 0 Å². The van der Waals surface area contributed by atoms with Gasteiger partial charge in [-0.3, -0.25) is 4.79 Å². The van der Waals surface area contributed by atoms with Crippen LogP contribution in [0.2, 0.25) is 0 Å². The van der Waals surface area contributed by atoms with Crippen molar-refractivity contribution in [2.24, 2.45) is 11.8 Å². The van der Waals surface area contributed by atoms with E-state index in [1.165, 1.54) is 10.4 Å². The highest BCUT2D eigenvalue weighted by molar-refractivity contribution is 7.14. The molecule has 0 aromatic carbocycles. The molecule has 1 aliphatic carbocycles. The van der Waals surface area contributed by atoms with E-state index < -0.39 is 0 Å². The molecule has 2 heteroatoms. The number of Topliss-reactive ketones (excluding diaryl/α,β-unsaturated/α-hetero) is 1. The van der Waals surface area contributed by atoms with Gasteiger partial charge in [0.15, 0.2) is 5.78 Å². The Hall–Kier alpha value is -0.630. The quantitative estimate of drug-likeness (QED) is 0.694. The second kappa shape index (κ2) is 3.50. The predicted molar refractivity (Wildman–Crippen MR) is 60.0 cm³/mol. The highest BCUT2D eigenvalue weighted by atomic mass is 32.1. The topological polar surface area (TPSA) is 17.1 Å². The average Bonchev–Trinajstić information content (AvgIpc) is 2.85. The Bertz CT molecular complexity index is 364. The molecular formula is C12H16OS. The van der Waals surface area contributed by atoms with Crippen LogP contribution in [0.25, 0.3) is 0 Å². The number of hydrogen-bond acceptors (Lipinski definition) is 2. The Kier molecular flexibility index (Phi) is 2.48. The molecule has 1 aromatic heterocycles. The van der Waals surface area contributed by atoms with Crippen LogP contribution in [0.5, 0.6) is 0 Å². The van der Waals surface area contributed by atoms with Crippen molar-refractivity contribution < 1.29 is 4.79 Å². The summed E-state index contributed by atoms with van der Waals surface area (Å²) >= 11 is 1.65. The van der Waals surface area contributed by atoms with E-state index >= 15 is 0 Å². The third-order valence-corrected chi connectivity index (χ3v) is 4.22. The molecule has 1 heterocycles. The summed E-state index contributed by atoms with van der Waals surface area (Å²) in [4.78, 5) is 14.3. The summed E-state index contributed by atoms with van der Waals surface area (Å²) in [5.74, 6) is 1.41. The molecule has 0 bridgehead atoms. The molecule has 0 spiro atoms. The van der Waals surface area contributed by atoms with Gasteiger partial charge >= 0.3 is 0 Å².